The lowest BCUT2D eigenvalue weighted by Crippen LogP contribution is -2.48. The highest BCUT2D eigenvalue weighted by Gasteiger charge is 2.50. The van der Waals surface area contributed by atoms with Crippen molar-refractivity contribution < 1.29 is 9.59 Å². The van der Waals surface area contributed by atoms with Crippen LogP contribution in [0.3, 0.4) is 0 Å². The molecule has 2 aromatic carbocycles. The standard InChI is InChI=1S/C21H24O2/c1-15(2)21(16(3)4,19(22)17-11-7-5-8-12-17)20(23)18-13-9-6-10-14-18/h5-16H,1-4H3. The minimum Gasteiger partial charge on any atom is -0.293 e. The van der Waals surface area contributed by atoms with Crippen LogP contribution in [0.4, 0.5) is 0 Å². The lowest BCUT2D eigenvalue weighted by atomic mass is 9.61. The highest BCUT2D eigenvalue weighted by atomic mass is 16.2. The van der Waals surface area contributed by atoms with Gasteiger partial charge in [-0.2, -0.15) is 0 Å². The van der Waals surface area contributed by atoms with Gasteiger partial charge in [0.25, 0.3) is 0 Å². The summed E-state index contributed by atoms with van der Waals surface area (Å²) in [6.45, 7) is 7.84. The van der Waals surface area contributed by atoms with Crippen LogP contribution in [0.25, 0.3) is 0 Å². The molecule has 0 aromatic heterocycles. The Hall–Kier alpha value is -2.22. The number of carbonyl (C=O) groups excluding carboxylic acids is 2. The van der Waals surface area contributed by atoms with Gasteiger partial charge < -0.3 is 0 Å². The second-order valence-corrected chi connectivity index (χ2v) is 6.57. The summed E-state index contributed by atoms with van der Waals surface area (Å²) in [7, 11) is 0. The molecule has 0 aliphatic heterocycles. The zero-order valence-electron chi connectivity index (χ0n) is 14.2. The van der Waals surface area contributed by atoms with E-state index in [9.17, 15) is 9.59 Å². The molecular formula is C21H24O2. The number of ketones is 2. The number of benzene rings is 2. The monoisotopic (exact) mass is 308 g/mol. The Morgan fingerprint density at radius 1 is 0.652 bits per heavy atom. The van der Waals surface area contributed by atoms with E-state index in [1.54, 1.807) is 24.3 Å². The summed E-state index contributed by atoms with van der Waals surface area (Å²) in [4.78, 5) is 26.7. The molecule has 2 rings (SSSR count). The maximum Gasteiger partial charge on any atom is 0.177 e. The van der Waals surface area contributed by atoms with Crippen LogP contribution >= 0.6 is 0 Å². The number of carbonyl (C=O) groups is 2. The normalized spacial score (nSPS) is 11.7. The van der Waals surface area contributed by atoms with Gasteiger partial charge in [-0.1, -0.05) is 88.4 Å². The summed E-state index contributed by atoms with van der Waals surface area (Å²) in [5.41, 5.74) is 0.140. The first-order valence-electron chi connectivity index (χ1n) is 8.12. The van der Waals surface area contributed by atoms with Crippen LogP contribution in [0.2, 0.25) is 0 Å². The maximum absolute atomic E-state index is 13.3. The molecule has 2 nitrogen and oxygen atoms in total. The molecule has 0 bridgehead atoms. The summed E-state index contributed by atoms with van der Waals surface area (Å²) in [6.07, 6.45) is 0. The Morgan fingerprint density at radius 2 is 0.957 bits per heavy atom. The van der Waals surface area contributed by atoms with Crippen LogP contribution in [0.1, 0.15) is 48.4 Å². The van der Waals surface area contributed by atoms with Crippen molar-refractivity contribution in [1.82, 2.24) is 0 Å². The number of hydrogen-bond donors (Lipinski definition) is 0. The number of hydrogen-bond acceptors (Lipinski definition) is 2. The van der Waals surface area contributed by atoms with E-state index < -0.39 is 5.41 Å². The van der Waals surface area contributed by atoms with Crippen molar-refractivity contribution >= 4 is 11.6 Å². The number of rotatable bonds is 6. The summed E-state index contributed by atoms with van der Waals surface area (Å²) in [5.74, 6) is -0.361. The summed E-state index contributed by atoms with van der Waals surface area (Å²) < 4.78 is 0. The Labute approximate surface area is 138 Å². The number of Topliss-reactive ketones (excluding diaryl/α,β-unsaturated/α-hetero) is 2. The summed E-state index contributed by atoms with van der Waals surface area (Å²) in [5, 5.41) is 0. The van der Waals surface area contributed by atoms with Gasteiger partial charge >= 0.3 is 0 Å². The molecule has 23 heavy (non-hydrogen) atoms. The summed E-state index contributed by atoms with van der Waals surface area (Å²) >= 11 is 0. The molecule has 0 N–H and O–H groups in total. The molecule has 120 valence electrons. The first-order valence-corrected chi connectivity index (χ1v) is 8.12. The van der Waals surface area contributed by atoms with Gasteiger partial charge in [0.1, 0.15) is 5.41 Å². The predicted molar refractivity (Wildman–Crippen MR) is 93.7 cm³/mol. The summed E-state index contributed by atoms with van der Waals surface area (Å²) in [6, 6.07) is 18.3. The van der Waals surface area contributed by atoms with E-state index in [1.807, 2.05) is 64.1 Å². The highest BCUT2D eigenvalue weighted by Crippen LogP contribution is 2.42. The van der Waals surface area contributed by atoms with E-state index in [1.165, 1.54) is 0 Å². The first kappa shape index (κ1) is 17.1. The topological polar surface area (TPSA) is 34.1 Å². The Balaban J connectivity index is 2.62. The van der Waals surface area contributed by atoms with E-state index in [-0.39, 0.29) is 23.4 Å². The lowest BCUT2D eigenvalue weighted by Gasteiger charge is -2.38. The van der Waals surface area contributed by atoms with Gasteiger partial charge in [-0.3, -0.25) is 9.59 Å². The zero-order chi connectivity index (χ0) is 17.0. The van der Waals surface area contributed by atoms with E-state index in [0.717, 1.165) is 0 Å². The SMILES string of the molecule is CC(C)C(C(=O)c1ccccc1)(C(=O)c1ccccc1)C(C)C. The van der Waals surface area contributed by atoms with E-state index in [4.69, 9.17) is 0 Å². The fourth-order valence-corrected chi connectivity index (χ4v) is 3.48. The van der Waals surface area contributed by atoms with Crippen LogP contribution in [0.15, 0.2) is 60.7 Å². The van der Waals surface area contributed by atoms with E-state index >= 15 is 0 Å². The Morgan fingerprint density at radius 3 is 1.22 bits per heavy atom. The third-order valence-electron chi connectivity index (χ3n) is 4.64. The van der Waals surface area contributed by atoms with Crippen molar-refractivity contribution in [3.8, 4) is 0 Å². The Kier molecular flexibility index (Phi) is 5.15. The van der Waals surface area contributed by atoms with Gasteiger partial charge in [0.15, 0.2) is 11.6 Å². The molecule has 0 unspecified atom stereocenters. The van der Waals surface area contributed by atoms with Crippen LogP contribution in [0.5, 0.6) is 0 Å². The average Bonchev–Trinajstić information content (AvgIpc) is 2.56. The quantitative estimate of drug-likeness (QED) is 0.552. The Bertz CT molecular complexity index is 608. The van der Waals surface area contributed by atoms with Crippen molar-refractivity contribution in [1.29, 1.82) is 0 Å². The fraction of sp³-hybridized carbons (Fsp3) is 0.333. The molecule has 2 heteroatoms. The predicted octanol–water partition coefficient (Wildman–Crippen LogP) is 5.05. The van der Waals surface area contributed by atoms with Gasteiger partial charge in [-0.25, -0.2) is 0 Å². The molecule has 0 aliphatic rings. The molecule has 0 radical (unpaired) electrons. The van der Waals surface area contributed by atoms with Crippen LogP contribution in [-0.4, -0.2) is 11.6 Å². The molecule has 0 amide bonds. The van der Waals surface area contributed by atoms with Gasteiger partial charge in [-0.15, -0.1) is 0 Å². The second kappa shape index (κ2) is 6.91. The minimum absolute atomic E-state index is 0.0862. The van der Waals surface area contributed by atoms with Crippen molar-refractivity contribution in [2.75, 3.05) is 0 Å². The molecule has 0 aliphatic carbocycles. The van der Waals surface area contributed by atoms with Gasteiger partial charge in [0.2, 0.25) is 0 Å². The van der Waals surface area contributed by atoms with Crippen LogP contribution in [-0.2, 0) is 0 Å². The fourth-order valence-electron chi connectivity index (χ4n) is 3.48. The smallest absolute Gasteiger partial charge is 0.177 e. The van der Waals surface area contributed by atoms with Crippen LogP contribution < -0.4 is 0 Å². The third kappa shape index (κ3) is 2.98. The molecule has 0 fully saturated rings. The highest BCUT2D eigenvalue weighted by molar-refractivity contribution is 6.20. The zero-order valence-corrected chi connectivity index (χ0v) is 14.2. The van der Waals surface area contributed by atoms with E-state index in [2.05, 4.69) is 0 Å². The van der Waals surface area contributed by atoms with E-state index in [0.29, 0.717) is 11.1 Å². The maximum atomic E-state index is 13.3. The minimum atomic E-state index is -1.05. The second-order valence-electron chi connectivity index (χ2n) is 6.57. The van der Waals surface area contributed by atoms with Crippen molar-refractivity contribution in [3.05, 3.63) is 71.8 Å². The van der Waals surface area contributed by atoms with Crippen molar-refractivity contribution in [2.45, 2.75) is 27.7 Å². The molecule has 0 atom stereocenters. The average molecular weight is 308 g/mol. The molecule has 0 heterocycles. The van der Waals surface area contributed by atoms with Crippen molar-refractivity contribution in [3.63, 3.8) is 0 Å². The largest absolute Gasteiger partial charge is 0.293 e. The molecule has 0 spiro atoms. The molecule has 0 saturated carbocycles. The molecule has 0 saturated heterocycles. The third-order valence-corrected chi connectivity index (χ3v) is 4.64. The molecule has 2 aromatic rings. The van der Waals surface area contributed by atoms with Gasteiger partial charge in [0.05, 0.1) is 0 Å². The van der Waals surface area contributed by atoms with Crippen molar-refractivity contribution in [2.24, 2.45) is 17.3 Å². The molecular weight excluding hydrogens is 284 g/mol. The lowest BCUT2D eigenvalue weighted by molar-refractivity contribution is 0.0468. The van der Waals surface area contributed by atoms with Gasteiger partial charge in [-0.05, 0) is 11.8 Å². The van der Waals surface area contributed by atoms with Crippen LogP contribution in [0, 0.1) is 17.3 Å². The first-order chi connectivity index (χ1) is 10.9. The van der Waals surface area contributed by atoms with Gasteiger partial charge in [0, 0.05) is 11.1 Å².